The highest BCUT2D eigenvalue weighted by Gasteiger charge is 2.27. The normalized spacial score (nSPS) is 19.8. The van der Waals surface area contributed by atoms with Gasteiger partial charge in [-0.1, -0.05) is 25.3 Å². The number of sulfonamides is 1. The van der Waals surface area contributed by atoms with Crippen LogP contribution in [0.5, 0.6) is 0 Å². The Hall–Kier alpha value is -1.97. The number of esters is 1. The number of benzene rings is 1. The predicted molar refractivity (Wildman–Crippen MR) is 111 cm³/mol. The van der Waals surface area contributed by atoms with E-state index in [1.165, 1.54) is 29.8 Å². The first-order valence-corrected chi connectivity index (χ1v) is 12.0. The molecule has 2 fully saturated rings. The minimum Gasteiger partial charge on any atom is -0.453 e. The van der Waals surface area contributed by atoms with E-state index in [1.807, 2.05) is 0 Å². The Bertz CT molecular complexity index is 845. The molecule has 166 valence electrons. The van der Waals surface area contributed by atoms with Crippen LogP contribution in [-0.4, -0.2) is 57.0 Å². The summed E-state index contributed by atoms with van der Waals surface area (Å²) in [5.41, 5.74) is 0.338. The zero-order valence-electron chi connectivity index (χ0n) is 17.3. The number of rotatable bonds is 7. The van der Waals surface area contributed by atoms with E-state index in [9.17, 15) is 18.0 Å². The summed E-state index contributed by atoms with van der Waals surface area (Å²) in [5.74, 6) is -0.523. The highest BCUT2D eigenvalue weighted by atomic mass is 32.2. The Morgan fingerprint density at radius 3 is 2.60 bits per heavy atom. The summed E-state index contributed by atoms with van der Waals surface area (Å²) in [7, 11) is -3.66. The third-order valence-corrected chi connectivity index (χ3v) is 7.46. The number of carbonyl (C=O) groups excluding carboxylic acids is 2. The van der Waals surface area contributed by atoms with Crippen LogP contribution in [0.15, 0.2) is 29.2 Å². The molecular weight excluding hydrogens is 408 g/mol. The molecule has 0 aromatic heterocycles. The van der Waals surface area contributed by atoms with Gasteiger partial charge >= 0.3 is 5.97 Å². The van der Waals surface area contributed by atoms with Crippen LogP contribution in [0.25, 0.3) is 0 Å². The standard InChI is InChI=1S/C21H30N2O6S/c1-16(29-20(24)14-17-6-3-2-4-7-17)21(25)22-18-8-5-9-19(15-18)30(26,27)23-10-12-28-13-11-23/h5,8-9,15-17H,2-4,6-7,10-14H2,1H3,(H,22,25). The first-order chi connectivity index (χ1) is 14.4. The molecule has 2 aliphatic rings. The van der Waals surface area contributed by atoms with Crippen LogP contribution in [0, 0.1) is 5.92 Å². The number of amides is 1. The number of hydrogen-bond donors (Lipinski definition) is 1. The Morgan fingerprint density at radius 1 is 1.20 bits per heavy atom. The molecular formula is C21H30N2O6S. The van der Waals surface area contributed by atoms with E-state index >= 15 is 0 Å². The van der Waals surface area contributed by atoms with Gasteiger partial charge in [0, 0.05) is 25.2 Å². The van der Waals surface area contributed by atoms with Crippen LogP contribution in [0.2, 0.25) is 0 Å². The lowest BCUT2D eigenvalue weighted by atomic mass is 9.87. The molecule has 30 heavy (non-hydrogen) atoms. The highest BCUT2D eigenvalue weighted by Crippen LogP contribution is 2.27. The summed E-state index contributed by atoms with van der Waals surface area (Å²) in [4.78, 5) is 24.7. The molecule has 1 amide bonds. The molecule has 1 heterocycles. The van der Waals surface area contributed by atoms with Gasteiger partial charge in [-0.2, -0.15) is 4.31 Å². The lowest BCUT2D eigenvalue weighted by Gasteiger charge is -2.26. The maximum atomic E-state index is 12.8. The van der Waals surface area contributed by atoms with Gasteiger partial charge in [0.2, 0.25) is 10.0 Å². The zero-order valence-corrected chi connectivity index (χ0v) is 18.2. The van der Waals surface area contributed by atoms with Crippen molar-refractivity contribution in [3.8, 4) is 0 Å². The Labute approximate surface area is 178 Å². The summed E-state index contributed by atoms with van der Waals surface area (Å²) < 4.78 is 37.4. The molecule has 1 atom stereocenters. The highest BCUT2D eigenvalue weighted by molar-refractivity contribution is 7.89. The number of ether oxygens (including phenoxy) is 2. The molecule has 1 N–H and O–H groups in total. The van der Waals surface area contributed by atoms with Crippen LogP contribution in [0.1, 0.15) is 45.4 Å². The van der Waals surface area contributed by atoms with E-state index in [4.69, 9.17) is 9.47 Å². The van der Waals surface area contributed by atoms with Gasteiger partial charge in [0.1, 0.15) is 0 Å². The van der Waals surface area contributed by atoms with Crippen LogP contribution in [0.4, 0.5) is 5.69 Å². The van der Waals surface area contributed by atoms with Crippen LogP contribution in [0.3, 0.4) is 0 Å². The average Bonchev–Trinajstić information content (AvgIpc) is 2.75. The topological polar surface area (TPSA) is 102 Å². The van der Waals surface area contributed by atoms with E-state index in [1.54, 1.807) is 12.1 Å². The number of nitrogens with zero attached hydrogens (tertiary/aromatic N) is 1. The second-order valence-electron chi connectivity index (χ2n) is 7.87. The molecule has 1 aromatic rings. The summed E-state index contributed by atoms with van der Waals surface area (Å²) in [6.45, 7) is 2.83. The second kappa shape index (κ2) is 10.4. The van der Waals surface area contributed by atoms with Crippen molar-refractivity contribution in [1.29, 1.82) is 0 Å². The quantitative estimate of drug-likeness (QED) is 0.657. The Kier molecular flexibility index (Phi) is 7.85. The van der Waals surface area contributed by atoms with Crippen LogP contribution in [-0.2, 0) is 29.1 Å². The van der Waals surface area contributed by atoms with Crippen molar-refractivity contribution in [3.63, 3.8) is 0 Å². The van der Waals surface area contributed by atoms with Crippen molar-refractivity contribution in [1.82, 2.24) is 4.31 Å². The number of hydrogen-bond acceptors (Lipinski definition) is 6. The van der Waals surface area contributed by atoms with Gasteiger partial charge in [0.05, 0.1) is 18.1 Å². The van der Waals surface area contributed by atoms with Gasteiger partial charge in [-0.05, 0) is 43.9 Å². The van der Waals surface area contributed by atoms with Crippen molar-refractivity contribution in [2.24, 2.45) is 5.92 Å². The van der Waals surface area contributed by atoms with E-state index in [0.717, 1.165) is 25.7 Å². The molecule has 0 radical (unpaired) electrons. The van der Waals surface area contributed by atoms with Crippen molar-refractivity contribution < 1.29 is 27.5 Å². The Balaban J connectivity index is 1.56. The number of anilines is 1. The first kappa shape index (κ1) is 22.7. The minimum atomic E-state index is -3.66. The third-order valence-electron chi connectivity index (χ3n) is 5.57. The van der Waals surface area contributed by atoms with Gasteiger partial charge in [-0.15, -0.1) is 0 Å². The first-order valence-electron chi connectivity index (χ1n) is 10.5. The lowest BCUT2D eigenvalue weighted by molar-refractivity contribution is -0.154. The minimum absolute atomic E-state index is 0.101. The molecule has 0 bridgehead atoms. The molecule has 1 unspecified atom stereocenters. The van der Waals surface area contributed by atoms with E-state index in [0.29, 0.717) is 44.3 Å². The molecule has 1 saturated carbocycles. The third kappa shape index (κ3) is 6.02. The summed E-state index contributed by atoms with van der Waals surface area (Å²) in [5, 5.41) is 2.64. The number of carbonyl (C=O) groups is 2. The largest absolute Gasteiger partial charge is 0.453 e. The Morgan fingerprint density at radius 2 is 1.90 bits per heavy atom. The fourth-order valence-electron chi connectivity index (χ4n) is 3.84. The van der Waals surface area contributed by atoms with Crippen molar-refractivity contribution in [2.45, 2.75) is 56.4 Å². The molecule has 1 aromatic carbocycles. The maximum absolute atomic E-state index is 12.8. The van der Waals surface area contributed by atoms with Gasteiger partial charge in [0.15, 0.2) is 6.10 Å². The van der Waals surface area contributed by atoms with Crippen molar-refractivity contribution in [3.05, 3.63) is 24.3 Å². The number of morpholine rings is 1. The SMILES string of the molecule is CC(OC(=O)CC1CCCCC1)C(=O)Nc1cccc(S(=O)(=O)N2CCOCC2)c1. The van der Waals surface area contributed by atoms with E-state index in [2.05, 4.69) is 5.32 Å². The van der Waals surface area contributed by atoms with Crippen LogP contribution >= 0.6 is 0 Å². The van der Waals surface area contributed by atoms with Gasteiger partial charge in [0.25, 0.3) is 5.91 Å². The van der Waals surface area contributed by atoms with Crippen molar-refractivity contribution in [2.75, 3.05) is 31.6 Å². The maximum Gasteiger partial charge on any atom is 0.306 e. The predicted octanol–water partition coefficient (Wildman–Crippen LogP) is 2.55. The van der Waals surface area contributed by atoms with E-state index < -0.39 is 22.0 Å². The monoisotopic (exact) mass is 438 g/mol. The fourth-order valence-corrected chi connectivity index (χ4v) is 5.29. The van der Waals surface area contributed by atoms with Gasteiger partial charge in [-0.25, -0.2) is 8.42 Å². The molecule has 1 aliphatic heterocycles. The van der Waals surface area contributed by atoms with Gasteiger partial charge in [-0.3, -0.25) is 9.59 Å². The molecule has 0 spiro atoms. The van der Waals surface area contributed by atoms with Crippen LogP contribution < -0.4 is 5.32 Å². The smallest absolute Gasteiger partial charge is 0.306 e. The summed E-state index contributed by atoms with van der Waals surface area (Å²) >= 11 is 0. The number of nitrogens with one attached hydrogen (secondary N) is 1. The zero-order chi connectivity index (χ0) is 21.6. The molecule has 3 rings (SSSR count). The molecule has 9 heteroatoms. The van der Waals surface area contributed by atoms with E-state index in [-0.39, 0.29) is 10.9 Å². The van der Waals surface area contributed by atoms with Gasteiger partial charge < -0.3 is 14.8 Å². The lowest BCUT2D eigenvalue weighted by Crippen LogP contribution is -2.40. The molecule has 1 aliphatic carbocycles. The summed E-state index contributed by atoms with van der Waals surface area (Å²) in [6.07, 6.45) is 4.92. The molecule has 1 saturated heterocycles. The fraction of sp³-hybridized carbons (Fsp3) is 0.619. The second-order valence-corrected chi connectivity index (χ2v) is 9.81. The summed E-state index contributed by atoms with van der Waals surface area (Å²) in [6, 6.07) is 6.09. The average molecular weight is 439 g/mol. The molecule has 8 nitrogen and oxygen atoms in total. The van der Waals surface area contributed by atoms with Crippen molar-refractivity contribution >= 4 is 27.6 Å².